The van der Waals surface area contributed by atoms with Crippen LogP contribution in [0.3, 0.4) is 0 Å². The lowest BCUT2D eigenvalue weighted by Crippen LogP contribution is -2.44. The first-order chi connectivity index (χ1) is 19.4. The molecule has 0 aromatic heterocycles. The van der Waals surface area contributed by atoms with Crippen LogP contribution in [-0.4, -0.2) is 42.6 Å². The molecule has 3 aliphatic rings. The summed E-state index contributed by atoms with van der Waals surface area (Å²) >= 11 is 0. The van der Waals surface area contributed by atoms with Crippen LogP contribution in [0.15, 0.2) is 71.1 Å². The third-order valence-electron chi connectivity index (χ3n) is 8.28. The Morgan fingerprint density at radius 2 is 1.46 bits per heavy atom. The van der Waals surface area contributed by atoms with Crippen molar-refractivity contribution in [3.8, 4) is 11.5 Å². The second-order valence-corrected chi connectivity index (χ2v) is 12.9. The van der Waals surface area contributed by atoms with Gasteiger partial charge in [-0.15, -0.1) is 0 Å². The Balaban J connectivity index is 1.53. The summed E-state index contributed by atoms with van der Waals surface area (Å²) in [4.78, 5) is 42.4. The minimum Gasteiger partial charge on any atom is -0.493 e. The summed E-state index contributed by atoms with van der Waals surface area (Å²) in [7, 11) is 1.55. The van der Waals surface area contributed by atoms with E-state index in [0.29, 0.717) is 36.6 Å². The van der Waals surface area contributed by atoms with Gasteiger partial charge in [0, 0.05) is 53.5 Å². The Bertz CT molecular complexity index is 1400. The zero-order chi connectivity index (χ0) is 29.5. The number of rotatable bonds is 7. The molecule has 2 aromatic carbocycles. The summed E-state index contributed by atoms with van der Waals surface area (Å²) in [6.07, 6.45) is 2.44. The molecule has 0 radical (unpaired) electrons. The van der Waals surface area contributed by atoms with Gasteiger partial charge in [-0.2, -0.15) is 0 Å². The number of ether oxygens (including phenoxy) is 2. The number of ketones is 2. The Hall–Kier alpha value is -3.87. The second kappa shape index (κ2) is 10.8. The topological polar surface area (TPSA) is 84.9 Å². The van der Waals surface area contributed by atoms with E-state index in [9.17, 15) is 14.4 Å². The van der Waals surface area contributed by atoms with E-state index in [1.54, 1.807) is 13.2 Å². The van der Waals surface area contributed by atoms with Crippen LogP contribution >= 0.6 is 0 Å². The van der Waals surface area contributed by atoms with E-state index in [2.05, 4.69) is 44.8 Å². The van der Waals surface area contributed by atoms with Gasteiger partial charge in [0.1, 0.15) is 0 Å². The van der Waals surface area contributed by atoms with Gasteiger partial charge in [-0.25, -0.2) is 0 Å². The predicted octanol–water partition coefficient (Wildman–Crippen LogP) is 6.42. The number of benzene rings is 2. The minimum absolute atomic E-state index is 0.0979. The summed E-state index contributed by atoms with van der Waals surface area (Å²) in [5, 5.41) is 2.81. The van der Waals surface area contributed by atoms with Crippen molar-refractivity contribution in [2.24, 2.45) is 10.8 Å². The van der Waals surface area contributed by atoms with Crippen LogP contribution in [0.25, 0.3) is 0 Å². The third kappa shape index (κ3) is 5.67. The maximum Gasteiger partial charge on any atom is 0.262 e. The highest BCUT2D eigenvalue weighted by Gasteiger charge is 2.48. The molecule has 0 bridgehead atoms. The molecule has 1 N–H and O–H groups in total. The van der Waals surface area contributed by atoms with Crippen LogP contribution in [0.5, 0.6) is 11.5 Å². The predicted molar refractivity (Wildman–Crippen MR) is 159 cm³/mol. The van der Waals surface area contributed by atoms with Gasteiger partial charge in [0.05, 0.1) is 7.11 Å². The molecule has 0 spiro atoms. The van der Waals surface area contributed by atoms with E-state index in [1.165, 1.54) is 0 Å². The fraction of sp³-hybridized carbons (Fsp3) is 0.441. The van der Waals surface area contributed by atoms with Crippen molar-refractivity contribution in [2.45, 2.75) is 66.2 Å². The van der Waals surface area contributed by atoms with Crippen molar-refractivity contribution in [1.82, 2.24) is 4.90 Å². The third-order valence-corrected chi connectivity index (χ3v) is 8.28. The van der Waals surface area contributed by atoms with Gasteiger partial charge in [0.15, 0.2) is 29.7 Å². The second-order valence-electron chi connectivity index (χ2n) is 12.9. The lowest BCUT2D eigenvalue weighted by molar-refractivity contribution is -0.120. The molecule has 7 nitrogen and oxygen atoms in total. The molecular formula is C34H40N2O5. The fourth-order valence-corrected chi connectivity index (χ4v) is 6.61. The Kier molecular flexibility index (Phi) is 7.58. The van der Waals surface area contributed by atoms with Gasteiger partial charge in [0.25, 0.3) is 5.91 Å². The molecule has 216 valence electrons. The highest BCUT2D eigenvalue weighted by molar-refractivity contribution is 6.06. The molecule has 5 rings (SSSR count). The Morgan fingerprint density at radius 3 is 2.00 bits per heavy atom. The quantitative estimate of drug-likeness (QED) is 0.424. The van der Waals surface area contributed by atoms with Gasteiger partial charge < -0.3 is 19.7 Å². The van der Waals surface area contributed by atoms with Crippen LogP contribution in [0.2, 0.25) is 0 Å². The zero-order valence-electron chi connectivity index (χ0n) is 24.9. The maximum absolute atomic E-state index is 13.8. The highest BCUT2D eigenvalue weighted by Crippen LogP contribution is 2.54. The normalized spacial score (nSPS) is 20.0. The smallest absolute Gasteiger partial charge is 0.262 e. The first-order valence-electron chi connectivity index (χ1n) is 14.4. The molecule has 2 aliphatic carbocycles. The Morgan fingerprint density at radius 1 is 0.878 bits per heavy atom. The number of hydrogen-bond acceptors (Lipinski definition) is 6. The van der Waals surface area contributed by atoms with Crippen molar-refractivity contribution >= 4 is 23.2 Å². The molecule has 0 fully saturated rings. The molecule has 2 aromatic rings. The number of anilines is 1. The average molecular weight is 557 g/mol. The van der Waals surface area contributed by atoms with Crippen LogP contribution < -0.4 is 14.8 Å². The summed E-state index contributed by atoms with van der Waals surface area (Å²) in [5.41, 5.74) is 4.74. The number of nitrogens with zero attached hydrogens (tertiary/aromatic N) is 1. The monoisotopic (exact) mass is 556 g/mol. The van der Waals surface area contributed by atoms with Gasteiger partial charge >= 0.3 is 0 Å². The molecule has 41 heavy (non-hydrogen) atoms. The van der Waals surface area contributed by atoms with Gasteiger partial charge in [0.2, 0.25) is 0 Å². The van der Waals surface area contributed by atoms with Crippen molar-refractivity contribution in [3.63, 3.8) is 0 Å². The van der Waals surface area contributed by atoms with E-state index in [0.717, 1.165) is 40.9 Å². The number of carbonyl (C=O) groups is 3. The average Bonchev–Trinajstić information content (AvgIpc) is 2.90. The number of amides is 1. The first kappa shape index (κ1) is 28.7. The minimum atomic E-state index is -0.459. The molecule has 0 saturated heterocycles. The zero-order valence-corrected chi connectivity index (χ0v) is 24.9. The molecule has 1 heterocycles. The molecule has 0 atom stereocenters. The molecule has 1 aliphatic heterocycles. The summed E-state index contributed by atoms with van der Waals surface area (Å²) in [5.74, 6) is 0.316. The summed E-state index contributed by atoms with van der Waals surface area (Å²) in [6, 6.07) is 14.7. The fourth-order valence-electron chi connectivity index (χ4n) is 6.61. The first-order valence-corrected chi connectivity index (χ1v) is 14.4. The maximum atomic E-state index is 13.8. The van der Waals surface area contributed by atoms with E-state index < -0.39 is 5.92 Å². The van der Waals surface area contributed by atoms with Gasteiger partial charge in [-0.1, -0.05) is 52.0 Å². The van der Waals surface area contributed by atoms with Crippen molar-refractivity contribution < 1.29 is 23.9 Å². The lowest BCUT2D eigenvalue weighted by Gasteiger charge is -2.48. The largest absolute Gasteiger partial charge is 0.493 e. The Labute approximate surface area is 242 Å². The SMILES string of the molecule is CCN1C2=C(C(=O)CC(C)(C)C2)C(c2ccc(OCC(=O)Nc3ccccc3)c(OC)c2)C2=C1CC(C)(C)CC2=O. The van der Waals surface area contributed by atoms with Gasteiger partial charge in [-0.3, -0.25) is 14.4 Å². The van der Waals surface area contributed by atoms with Gasteiger partial charge in [-0.05, 0) is 60.4 Å². The van der Waals surface area contributed by atoms with E-state index in [-0.39, 0.29) is 34.9 Å². The number of methoxy groups -OCH3 is 1. The molecule has 7 heteroatoms. The molecular weight excluding hydrogens is 516 g/mol. The van der Waals surface area contributed by atoms with Crippen molar-refractivity contribution in [3.05, 3.63) is 76.6 Å². The number of hydrogen-bond donors (Lipinski definition) is 1. The number of para-hydroxylation sites is 1. The summed E-state index contributed by atoms with van der Waals surface area (Å²) in [6.45, 7) is 11.2. The van der Waals surface area contributed by atoms with Crippen molar-refractivity contribution in [1.29, 1.82) is 0 Å². The molecule has 0 unspecified atom stereocenters. The van der Waals surface area contributed by atoms with Crippen molar-refractivity contribution in [2.75, 3.05) is 25.6 Å². The van der Waals surface area contributed by atoms with Crippen LogP contribution in [0.4, 0.5) is 5.69 Å². The lowest BCUT2D eigenvalue weighted by atomic mass is 9.63. The highest BCUT2D eigenvalue weighted by atomic mass is 16.5. The number of allylic oxidation sites excluding steroid dienone is 4. The van der Waals surface area contributed by atoms with Crippen LogP contribution in [-0.2, 0) is 14.4 Å². The van der Waals surface area contributed by atoms with E-state index in [4.69, 9.17) is 9.47 Å². The van der Waals surface area contributed by atoms with Crippen LogP contribution in [0, 0.1) is 10.8 Å². The standard InChI is InChI=1S/C34H40N2O5/c1-7-36-23-16-33(2,3)18-25(37)31(23)30(32-24(36)17-34(4,5)19-26(32)38)21-13-14-27(28(15-21)40-6)41-20-29(39)35-22-11-9-8-10-12-22/h8-15,30H,7,16-20H2,1-6H3,(H,35,39). The number of carbonyl (C=O) groups excluding carboxylic acids is 3. The molecule has 1 amide bonds. The van der Waals surface area contributed by atoms with E-state index in [1.807, 2.05) is 42.5 Å². The molecule has 0 saturated carbocycles. The van der Waals surface area contributed by atoms with Crippen LogP contribution in [0.1, 0.15) is 71.8 Å². The van der Waals surface area contributed by atoms with E-state index >= 15 is 0 Å². The number of nitrogens with one attached hydrogen (secondary N) is 1. The summed E-state index contributed by atoms with van der Waals surface area (Å²) < 4.78 is 11.5. The number of Topliss-reactive ketones (excluding diaryl/α,β-unsaturated/α-hetero) is 2.